The van der Waals surface area contributed by atoms with Crippen LogP contribution >= 0.6 is 0 Å². The smallest absolute Gasteiger partial charge is 0.216 e. The van der Waals surface area contributed by atoms with Crippen molar-refractivity contribution in [1.82, 2.24) is 4.72 Å². The van der Waals surface area contributed by atoms with Crippen molar-refractivity contribution in [3.63, 3.8) is 0 Å². The minimum Gasteiger partial charge on any atom is -0.396 e. The van der Waals surface area contributed by atoms with Crippen molar-refractivity contribution >= 4 is 10.0 Å². The van der Waals surface area contributed by atoms with Crippen LogP contribution in [0, 0.1) is 11.3 Å². The highest BCUT2D eigenvalue weighted by Gasteiger charge is 2.25. The van der Waals surface area contributed by atoms with E-state index in [0.29, 0.717) is 17.5 Å². The van der Waals surface area contributed by atoms with E-state index in [2.05, 4.69) is 4.72 Å². The average Bonchev–Trinajstić information content (AvgIpc) is 2.27. The number of rotatable bonds is 6. The number of sulfonamides is 1. The van der Waals surface area contributed by atoms with Gasteiger partial charge in [0.25, 0.3) is 0 Å². The lowest BCUT2D eigenvalue weighted by Gasteiger charge is -2.25. The normalized spacial score (nSPS) is 12.1. The van der Waals surface area contributed by atoms with Crippen LogP contribution in [-0.2, 0) is 15.8 Å². The number of hydrogen-bond donors (Lipinski definition) is 2. The van der Waals surface area contributed by atoms with E-state index < -0.39 is 15.6 Å². The van der Waals surface area contributed by atoms with Gasteiger partial charge in [0.15, 0.2) is 0 Å². The zero-order valence-corrected chi connectivity index (χ0v) is 11.9. The number of aliphatic hydroxyl groups is 1. The first-order chi connectivity index (χ1) is 8.79. The molecule has 0 aliphatic rings. The molecule has 104 valence electrons. The number of nitrogens with one attached hydrogen (secondary N) is 1. The van der Waals surface area contributed by atoms with Crippen molar-refractivity contribution in [1.29, 1.82) is 5.26 Å². The quantitative estimate of drug-likeness (QED) is 0.818. The topological polar surface area (TPSA) is 90.2 Å². The van der Waals surface area contributed by atoms with E-state index in [0.717, 1.165) is 0 Å². The molecule has 1 aromatic rings. The standard InChI is InChI=1S/C13H18N2O3S/c1-13(2,7-8-16)15-19(17,18)10-12-6-4-3-5-11(12)9-14/h3-6,15-16H,7-8,10H2,1-2H3. The van der Waals surface area contributed by atoms with Crippen LogP contribution in [0.15, 0.2) is 24.3 Å². The molecule has 2 N–H and O–H groups in total. The molecule has 19 heavy (non-hydrogen) atoms. The van der Waals surface area contributed by atoms with Crippen molar-refractivity contribution < 1.29 is 13.5 Å². The zero-order chi connectivity index (χ0) is 14.5. The molecule has 6 heteroatoms. The Labute approximate surface area is 113 Å². The van der Waals surface area contributed by atoms with E-state index in [1.165, 1.54) is 0 Å². The molecule has 0 aliphatic heterocycles. The molecule has 0 aliphatic carbocycles. The third kappa shape index (κ3) is 4.99. The van der Waals surface area contributed by atoms with Crippen molar-refractivity contribution in [2.45, 2.75) is 31.6 Å². The van der Waals surface area contributed by atoms with Gasteiger partial charge in [-0.2, -0.15) is 5.26 Å². The number of hydrogen-bond acceptors (Lipinski definition) is 4. The Morgan fingerprint density at radius 3 is 2.58 bits per heavy atom. The highest BCUT2D eigenvalue weighted by atomic mass is 32.2. The SMILES string of the molecule is CC(C)(CCO)NS(=O)(=O)Cc1ccccc1C#N. The lowest BCUT2D eigenvalue weighted by atomic mass is 10.0. The van der Waals surface area contributed by atoms with Crippen molar-refractivity contribution in [2.75, 3.05) is 6.61 Å². The van der Waals surface area contributed by atoms with Gasteiger partial charge in [0.1, 0.15) is 0 Å². The van der Waals surface area contributed by atoms with Crippen LogP contribution in [0.1, 0.15) is 31.4 Å². The highest BCUT2D eigenvalue weighted by Crippen LogP contribution is 2.15. The first-order valence-electron chi connectivity index (χ1n) is 5.90. The molecule has 1 aromatic carbocycles. The van der Waals surface area contributed by atoms with E-state index in [4.69, 9.17) is 10.4 Å². The third-order valence-corrected chi connectivity index (χ3v) is 4.21. The largest absolute Gasteiger partial charge is 0.396 e. The summed E-state index contributed by atoms with van der Waals surface area (Å²) in [6.07, 6.45) is 0.326. The van der Waals surface area contributed by atoms with Gasteiger partial charge in [0.2, 0.25) is 10.0 Å². The van der Waals surface area contributed by atoms with E-state index in [-0.39, 0.29) is 12.4 Å². The van der Waals surface area contributed by atoms with Crippen molar-refractivity contribution in [2.24, 2.45) is 0 Å². The van der Waals surface area contributed by atoms with Crippen LogP contribution in [0.4, 0.5) is 0 Å². The fourth-order valence-corrected chi connectivity index (χ4v) is 3.42. The third-order valence-electron chi connectivity index (χ3n) is 2.65. The maximum atomic E-state index is 12.1. The first kappa shape index (κ1) is 15.6. The maximum absolute atomic E-state index is 12.1. The molecule has 0 radical (unpaired) electrons. The van der Waals surface area contributed by atoms with Crippen molar-refractivity contribution in [3.05, 3.63) is 35.4 Å². The predicted molar refractivity (Wildman–Crippen MR) is 72.7 cm³/mol. The number of nitriles is 1. The second-order valence-corrected chi connectivity index (χ2v) is 6.71. The molecule has 0 unspecified atom stereocenters. The van der Waals surface area contributed by atoms with Gasteiger partial charge in [-0.3, -0.25) is 0 Å². The lowest BCUT2D eigenvalue weighted by molar-refractivity contribution is 0.245. The molecule has 0 fully saturated rings. The molecule has 0 atom stereocenters. The molecular weight excluding hydrogens is 264 g/mol. The fourth-order valence-electron chi connectivity index (χ4n) is 1.75. The summed E-state index contributed by atoms with van der Waals surface area (Å²) in [5.41, 5.74) is 0.111. The molecule has 0 aromatic heterocycles. The van der Waals surface area contributed by atoms with Crippen LogP contribution in [-0.4, -0.2) is 25.7 Å². The van der Waals surface area contributed by atoms with Gasteiger partial charge in [0.05, 0.1) is 17.4 Å². The summed E-state index contributed by atoms with van der Waals surface area (Å²) < 4.78 is 26.6. The highest BCUT2D eigenvalue weighted by molar-refractivity contribution is 7.88. The minimum absolute atomic E-state index is 0.0930. The molecule has 0 saturated heterocycles. The first-order valence-corrected chi connectivity index (χ1v) is 7.55. The van der Waals surface area contributed by atoms with Crippen LogP contribution in [0.2, 0.25) is 0 Å². The molecule has 1 rings (SSSR count). The zero-order valence-electron chi connectivity index (χ0n) is 11.0. The summed E-state index contributed by atoms with van der Waals surface area (Å²) in [6.45, 7) is 3.32. The number of nitrogens with zero attached hydrogens (tertiary/aromatic N) is 1. The second-order valence-electron chi connectivity index (χ2n) is 4.99. The van der Waals surface area contributed by atoms with Crippen LogP contribution in [0.25, 0.3) is 0 Å². The van der Waals surface area contributed by atoms with Gasteiger partial charge in [-0.05, 0) is 31.9 Å². The molecule has 0 spiro atoms. The second kappa shape index (κ2) is 6.15. The molecule has 0 bridgehead atoms. The van der Waals surface area contributed by atoms with E-state index in [9.17, 15) is 8.42 Å². The van der Waals surface area contributed by atoms with Gasteiger partial charge in [0, 0.05) is 12.1 Å². The van der Waals surface area contributed by atoms with Gasteiger partial charge in [-0.25, -0.2) is 13.1 Å². The molecule has 5 nitrogen and oxygen atoms in total. The van der Waals surface area contributed by atoms with Gasteiger partial charge in [-0.1, -0.05) is 18.2 Å². The Bertz CT molecular complexity index is 574. The Morgan fingerprint density at radius 1 is 1.37 bits per heavy atom. The lowest BCUT2D eigenvalue weighted by Crippen LogP contribution is -2.44. The van der Waals surface area contributed by atoms with Gasteiger partial charge < -0.3 is 5.11 Å². The summed E-state index contributed by atoms with van der Waals surface area (Å²) in [4.78, 5) is 0. The summed E-state index contributed by atoms with van der Waals surface area (Å²) in [6, 6.07) is 8.57. The van der Waals surface area contributed by atoms with Crippen LogP contribution in [0.5, 0.6) is 0 Å². The summed E-state index contributed by atoms with van der Waals surface area (Å²) in [5.74, 6) is -0.244. The summed E-state index contributed by atoms with van der Waals surface area (Å²) >= 11 is 0. The monoisotopic (exact) mass is 282 g/mol. The van der Waals surface area contributed by atoms with E-state index in [1.807, 2.05) is 6.07 Å². The maximum Gasteiger partial charge on any atom is 0.216 e. The molecular formula is C13H18N2O3S. The van der Waals surface area contributed by atoms with E-state index >= 15 is 0 Å². The molecule has 0 heterocycles. The Balaban J connectivity index is 2.89. The molecule has 0 saturated carbocycles. The fraction of sp³-hybridized carbons (Fsp3) is 0.462. The Kier molecular flexibility index (Phi) is 5.06. The average molecular weight is 282 g/mol. The number of aliphatic hydroxyl groups excluding tert-OH is 1. The summed E-state index contributed by atoms with van der Waals surface area (Å²) in [5, 5.41) is 17.8. The van der Waals surface area contributed by atoms with Gasteiger partial charge >= 0.3 is 0 Å². The van der Waals surface area contributed by atoms with Crippen LogP contribution < -0.4 is 4.72 Å². The van der Waals surface area contributed by atoms with Crippen molar-refractivity contribution in [3.8, 4) is 6.07 Å². The minimum atomic E-state index is -3.56. The van der Waals surface area contributed by atoms with E-state index in [1.54, 1.807) is 38.1 Å². The van der Waals surface area contributed by atoms with Crippen LogP contribution in [0.3, 0.4) is 0 Å². The number of benzene rings is 1. The predicted octanol–water partition coefficient (Wildman–Crippen LogP) is 1.14. The Morgan fingerprint density at radius 2 is 2.00 bits per heavy atom. The Hall–Kier alpha value is -1.42. The summed E-state index contributed by atoms with van der Waals surface area (Å²) in [7, 11) is -3.56. The van der Waals surface area contributed by atoms with Gasteiger partial charge in [-0.15, -0.1) is 0 Å². The molecule has 0 amide bonds.